The van der Waals surface area contributed by atoms with E-state index in [2.05, 4.69) is 35.0 Å². The van der Waals surface area contributed by atoms with Crippen molar-refractivity contribution in [2.75, 3.05) is 0 Å². The smallest absolute Gasteiger partial charge is 0.126 e. The molecule has 0 saturated carbocycles. The summed E-state index contributed by atoms with van der Waals surface area (Å²) < 4.78 is 13.6. The van der Waals surface area contributed by atoms with Gasteiger partial charge in [-0.1, -0.05) is 72.9 Å². The zero-order valence-electron chi connectivity index (χ0n) is 13.7. The minimum atomic E-state index is -0.209. The summed E-state index contributed by atoms with van der Waals surface area (Å²) >= 11 is 8.91. The molecule has 0 atom stereocenters. The highest BCUT2D eigenvalue weighted by Gasteiger charge is 1.94. The maximum Gasteiger partial charge on any atom is 0.126 e. The van der Waals surface area contributed by atoms with Gasteiger partial charge in [-0.15, -0.1) is 0 Å². The van der Waals surface area contributed by atoms with E-state index in [9.17, 15) is 4.39 Å². The average Bonchev–Trinajstić information content (AvgIpc) is 2.48. The molecule has 0 radical (unpaired) electrons. The van der Waals surface area contributed by atoms with E-state index in [1.54, 1.807) is 13.0 Å². The van der Waals surface area contributed by atoms with E-state index in [-0.39, 0.29) is 5.82 Å². The topological polar surface area (TPSA) is 0 Å². The second kappa shape index (κ2) is 14.1. The quantitative estimate of drug-likeness (QED) is 0.444. The minimum absolute atomic E-state index is 0.209. The van der Waals surface area contributed by atoms with Crippen LogP contribution in [0.2, 0.25) is 5.02 Å². The van der Waals surface area contributed by atoms with Gasteiger partial charge in [0.15, 0.2) is 0 Å². The Kier molecular flexibility index (Phi) is 15.0. The van der Waals surface area contributed by atoms with Crippen molar-refractivity contribution in [2.45, 2.75) is 41.5 Å². The van der Waals surface area contributed by atoms with Gasteiger partial charge in [0.05, 0.1) is 0 Å². The number of hydrogen-bond acceptors (Lipinski definition) is 0. The van der Waals surface area contributed by atoms with Crippen LogP contribution in [0, 0.1) is 19.7 Å². The van der Waals surface area contributed by atoms with Gasteiger partial charge >= 0.3 is 0 Å². The van der Waals surface area contributed by atoms with Crippen molar-refractivity contribution in [1.82, 2.24) is 0 Å². The maximum absolute atomic E-state index is 12.4. The molecule has 0 fully saturated rings. The summed E-state index contributed by atoms with van der Waals surface area (Å²) in [6, 6.07) is 12.7. The Balaban J connectivity index is 0. The van der Waals surface area contributed by atoms with Crippen molar-refractivity contribution in [3.05, 3.63) is 68.9 Å². The van der Waals surface area contributed by atoms with Gasteiger partial charge in [0.2, 0.25) is 0 Å². The number of rotatable bonds is 0. The fourth-order valence-corrected chi connectivity index (χ4v) is 1.95. The summed E-state index contributed by atoms with van der Waals surface area (Å²) in [6.07, 6.45) is 0. The van der Waals surface area contributed by atoms with Crippen LogP contribution in [0.1, 0.15) is 38.8 Å². The third-order valence-corrected chi connectivity index (χ3v) is 2.83. The van der Waals surface area contributed by atoms with Crippen LogP contribution >= 0.6 is 27.5 Å². The molecule has 2 rings (SSSR count). The molecule has 2 aromatic carbocycles. The fraction of sp³-hybridized carbons (Fsp3) is 0.333. The van der Waals surface area contributed by atoms with Crippen LogP contribution in [-0.4, -0.2) is 0 Å². The van der Waals surface area contributed by atoms with Crippen LogP contribution in [-0.2, 0) is 0 Å². The summed E-state index contributed by atoms with van der Waals surface area (Å²) in [7, 11) is 0. The molecule has 0 aliphatic carbocycles. The minimum Gasteiger partial charge on any atom is -0.207 e. The first-order valence-electron chi connectivity index (χ1n) is 7.13. The third-order valence-electron chi connectivity index (χ3n) is 2.10. The first-order valence-corrected chi connectivity index (χ1v) is 8.30. The molecule has 0 N–H and O–H groups in total. The predicted octanol–water partition coefficient (Wildman–Crippen LogP) is 7.60. The van der Waals surface area contributed by atoms with E-state index >= 15 is 0 Å². The van der Waals surface area contributed by atoms with Gasteiger partial charge in [-0.25, -0.2) is 4.39 Å². The monoisotopic (exact) mass is 374 g/mol. The Morgan fingerprint density at radius 3 is 1.81 bits per heavy atom. The highest BCUT2D eigenvalue weighted by atomic mass is 79.9. The summed E-state index contributed by atoms with van der Waals surface area (Å²) in [6.45, 7) is 11.8. The van der Waals surface area contributed by atoms with Gasteiger partial charge in [0, 0.05) is 9.50 Å². The van der Waals surface area contributed by atoms with Crippen LogP contribution < -0.4 is 0 Å². The zero-order valence-corrected chi connectivity index (χ0v) is 16.0. The van der Waals surface area contributed by atoms with E-state index < -0.39 is 0 Å². The molecule has 0 aliphatic heterocycles. The molecule has 2 aromatic rings. The standard InChI is InChI=1S/C7H7Br.C7H6ClF.2C2H6/c1-6-3-2-4-7(8)5-6;1-5-4-6(8)2-3-7(5)9;2*1-2/h2-5H,1H3;2-4H,1H3;2*1-2H3. The average molecular weight is 376 g/mol. The maximum atomic E-state index is 12.4. The molecule has 3 heteroatoms. The molecule has 0 heterocycles. The second-order valence-electron chi connectivity index (χ2n) is 3.69. The Hall–Kier alpha value is -0.860. The molecule has 0 saturated heterocycles. The van der Waals surface area contributed by atoms with Gasteiger partial charge in [0.1, 0.15) is 5.82 Å². The van der Waals surface area contributed by atoms with E-state index in [1.165, 1.54) is 17.7 Å². The number of hydrogen-bond donors (Lipinski definition) is 0. The van der Waals surface area contributed by atoms with Gasteiger partial charge in [0.25, 0.3) is 0 Å². The Morgan fingerprint density at radius 1 is 0.905 bits per heavy atom. The summed E-state index contributed by atoms with van der Waals surface area (Å²) in [5, 5.41) is 0.578. The fourth-order valence-electron chi connectivity index (χ4n) is 1.21. The second-order valence-corrected chi connectivity index (χ2v) is 5.04. The summed E-state index contributed by atoms with van der Waals surface area (Å²) in [5.74, 6) is -0.209. The first kappa shape index (κ1) is 22.4. The molecule has 0 spiro atoms. The molecule has 0 amide bonds. The lowest BCUT2D eigenvalue weighted by molar-refractivity contribution is 0.618. The lowest BCUT2D eigenvalue weighted by Gasteiger charge is -1.93. The van der Waals surface area contributed by atoms with Crippen molar-refractivity contribution in [3.63, 3.8) is 0 Å². The highest BCUT2D eigenvalue weighted by Crippen LogP contribution is 2.12. The lowest BCUT2D eigenvalue weighted by Crippen LogP contribution is -1.78. The Bertz CT molecular complexity index is 481. The number of halogens is 3. The van der Waals surface area contributed by atoms with Crippen molar-refractivity contribution in [1.29, 1.82) is 0 Å². The summed E-state index contributed by atoms with van der Waals surface area (Å²) in [5.41, 5.74) is 1.88. The molecule has 21 heavy (non-hydrogen) atoms. The summed E-state index contributed by atoms with van der Waals surface area (Å²) in [4.78, 5) is 0. The van der Waals surface area contributed by atoms with Crippen LogP contribution in [0.25, 0.3) is 0 Å². The molecule has 0 aromatic heterocycles. The van der Waals surface area contributed by atoms with E-state index in [0.29, 0.717) is 10.6 Å². The van der Waals surface area contributed by atoms with E-state index in [4.69, 9.17) is 11.6 Å². The van der Waals surface area contributed by atoms with Gasteiger partial charge in [-0.2, -0.15) is 0 Å². The van der Waals surface area contributed by atoms with Crippen molar-refractivity contribution in [3.8, 4) is 0 Å². The lowest BCUT2D eigenvalue weighted by atomic mass is 10.2. The molecule has 0 aliphatic rings. The Labute approximate surface area is 142 Å². The Morgan fingerprint density at radius 2 is 1.48 bits per heavy atom. The predicted molar refractivity (Wildman–Crippen MR) is 97.7 cm³/mol. The molecule has 0 nitrogen and oxygen atoms in total. The van der Waals surface area contributed by atoms with Crippen LogP contribution in [0.5, 0.6) is 0 Å². The molecule has 0 bridgehead atoms. The van der Waals surface area contributed by atoms with Crippen LogP contribution in [0.15, 0.2) is 46.9 Å². The van der Waals surface area contributed by atoms with Crippen molar-refractivity contribution < 1.29 is 4.39 Å². The van der Waals surface area contributed by atoms with Gasteiger partial charge < -0.3 is 0 Å². The molecular weight excluding hydrogens is 351 g/mol. The SMILES string of the molecule is CC.CC.Cc1cc(Cl)ccc1F.Cc1cccc(Br)c1. The molecule has 0 unspecified atom stereocenters. The first-order chi connectivity index (χ1) is 9.99. The number of benzene rings is 2. The number of aryl methyl sites for hydroxylation is 2. The highest BCUT2D eigenvalue weighted by molar-refractivity contribution is 9.10. The van der Waals surface area contributed by atoms with Gasteiger partial charge in [-0.05, 0) is 49.7 Å². The van der Waals surface area contributed by atoms with E-state index in [1.807, 2.05) is 39.8 Å². The molecule has 118 valence electrons. The van der Waals surface area contributed by atoms with E-state index in [0.717, 1.165) is 4.47 Å². The normalized spacial score (nSPS) is 8.24. The van der Waals surface area contributed by atoms with Gasteiger partial charge in [-0.3, -0.25) is 0 Å². The molecular formula is C18H25BrClF. The third kappa shape index (κ3) is 11.5. The zero-order chi connectivity index (χ0) is 16.8. The van der Waals surface area contributed by atoms with Crippen LogP contribution in [0.3, 0.4) is 0 Å². The largest absolute Gasteiger partial charge is 0.207 e. The van der Waals surface area contributed by atoms with Crippen LogP contribution in [0.4, 0.5) is 4.39 Å². The van der Waals surface area contributed by atoms with Crippen molar-refractivity contribution in [2.24, 2.45) is 0 Å². The van der Waals surface area contributed by atoms with Crippen molar-refractivity contribution >= 4 is 27.5 Å².